The van der Waals surface area contributed by atoms with Gasteiger partial charge in [-0.2, -0.15) is 0 Å². The highest BCUT2D eigenvalue weighted by Crippen LogP contribution is 2.35. The lowest BCUT2D eigenvalue weighted by Crippen LogP contribution is -2.49. The Hall–Kier alpha value is -1.82. The minimum absolute atomic E-state index is 0.00830. The standard InChI is InChI=1S/C23H43N3O7S2/c1-21(2,3)32-19(30)25-15(18(28)29)12-10-11-13-24-17(27)16(14-34-35-23(7,8)9)26-20(31)33-22(4,5)6/h15-16H,10-14H2,1-9H3,(H,24,27)(H,25,30)(H,26,31)(H,28,29)/t15-,16-/m0/s1. The Labute approximate surface area is 217 Å². The van der Waals surface area contributed by atoms with E-state index in [1.807, 2.05) is 0 Å². The van der Waals surface area contributed by atoms with Gasteiger partial charge in [-0.25, -0.2) is 14.4 Å². The molecule has 3 amide bonds. The van der Waals surface area contributed by atoms with E-state index < -0.39 is 41.4 Å². The second-order valence-electron chi connectivity index (χ2n) is 11.0. The maximum atomic E-state index is 12.7. The molecule has 12 heteroatoms. The van der Waals surface area contributed by atoms with Crippen molar-refractivity contribution in [3.05, 3.63) is 0 Å². The minimum Gasteiger partial charge on any atom is -0.480 e. The molecule has 35 heavy (non-hydrogen) atoms. The molecule has 0 unspecified atom stereocenters. The quantitative estimate of drug-likeness (QED) is 0.211. The number of carboxylic acids is 1. The molecule has 0 aromatic heterocycles. The van der Waals surface area contributed by atoms with Crippen molar-refractivity contribution >= 4 is 45.7 Å². The first kappa shape index (κ1) is 33.2. The molecule has 0 heterocycles. The summed E-state index contributed by atoms with van der Waals surface area (Å²) in [6.45, 7) is 16.8. The molecule has 0 fully saturated rings. The summed E-state index contributed by atoms with van der Waals surface area (Å²) in [6.07, 6.45) is -0.334. The minimum atomic E-state index is -1.16. The summed E-state index contributed by atoms with van der Waals surface area (Å²) in [5.41, 5.74) is -1.42. The Balaban J connectivity index is 4.72. The molecule has 204 valence electrons. The number of carbonyl (C=O) groups excluding carboxylic acids is 3. The number of hydrogen-bond donors (Lipinski definition) is 4. The summed E-state index contributed by atoms with van der Waals surface area (Å²) in [5, 5.41) is 17.1. The fraction of sp³-hybridized carbons (Fsp3) is 0.826. The highest BCUT2D eigenvalue weighted by atomic mass is 33.1. The predicted octanol–water partition coefficient (Wildman–Crippen LogP) is 4.32. The number of carbonyl (C=O) groups is 4. The average Bonchev–Trinajstić information content (AvgIpc) is 2.61. The van der Waals surface area contributed by atoms with Gasteiger partial charge in [-0.3, -0.25) is 4.79 Å². The van der Waals surface area contributed by atoms with Crippen molar-refractivity contribution in [2.75, 3.05) is 12.3 Å². The van der Waals surface area contributed by atoms with Gasteiger partial charge in [-0.05, 0) is 60.8 Å². The van der Waals surface area contributed by atoms with Crippen LogP contribution in [0.25, 0.3) is 0 Å². The van der Waals surface area contributed by atoms with Crippen molar-refractivity contribution in [1.82, 2.24) is 16.0 Å². The fourth-order valence-corrected chi connectivity index (χ4v) is 4.89. The molecule has 0 aliphatic heterocycles. The fourth-order valence-electron chi connectivity index (χ4n) is 2.43. The zero-order chi connectivity index (χ0) is 27.4. The lowest BCUT2D eigenvalue weighted by atomic mass is 10.1. The molecule has 2 atom stereocenters. The van der Waals surface area contributed by atoms with Crippen LogP contribution in [-0.2, 0) is 19.1 Å². The first-order valence-electron chi connectivity index (χ1n) is 11.6. The molecular formula is C23H43N3O7S2. The van der Waals surface area contributed by atoms with Gasteiger partial charge in [-0.1, -0.05) is 42.4 Å². The molecule has 0 saturated heterocycles. The Morgan fingerprint density at radius 2 is 1.29 bits per heavy atom. The van der Waals surface area contributed by atoms with Gasteiger partial charge in [0.2, 0.25) is 5.91 Å². The van der Waals surface area contributed by atoms with Crippen molar-refractivity contribution in [2.45, 2.75) is 110 Å². The summed E-state index contributed by atoms with van der Waals surface area (Å²) in [7, 11) is 3.09. The molecule has 4 N–H and O–H groups in total. The molecule has 0 aromatic carbocycles. The molecule has 0 aliphatic rings. The van der Waals surface area contributed by atoms with E-state index in [1.165, 1.54) is 10.8 Å². The molecular weight excluding hydrogens is 494 g/mol. The SMILES string of the molecule is CC(C)(C)OC(=O)N[C@@H](CCCCNC(=O)[C@H](CSSC(C)(C)C)NC(=O)OC(C)(C)C)C(=O)O. The molecule has 0 saturated carbocycles. The lowest BCUT2D eigenvalue weighted by molar-refractivity contribution is -0.139. The van der Waals surface area contributed by atoms with Crippen molar-refractivity contribution in [3.8, 4) is 0 Å². The van der Waals surface area contributed by atoms with Gasteiger partial charge in [0.15, 0.2) is 0 Å². The van der Waals surface area contributed by atoms with Gasteiger partial charge in [0, 0.05) is 17.0 Å². The summed E-state index contributed by atoms with van der Waals surface area (Å²) in [5.74, 6) is -1.15. The van der Waals surface area contributed by atoms with Crippen LogP contribution in [0.1, 0.15) is 81.6 Å². The maximum absolute atomic E-state index is 12.7. The molecule has 0 spiro atoms. The Bertz CT molecular complexity index is 713. The average molecular weight is 538 g/mol. The first-order chi connectivity index (χ1) is 15.8. The van der Waals surface area contributed by atoms with Crippen LogP contribution in [0.5, 0.6) is 0 Å². The normalized spacial score (nSPS) is 13.9. The summed E-state index contributed by atoms with van der Waals surface area (Å²) in [6, 6.07) is -1.88. The topological polar surface area (TPSA) is 143 Å². The molecule has 0 aromatic rings. The number of ether oxygens (including phenoxy) is 2. The zero-order valence-electron chi connectivity index (χ0n) is 22.4. The van der Waals surface area contributed by atoms with Crippen LogP contribution in [0, 0.1) is 0 Å². The highest BCUT2D eigenvalue weighted by Gasteiger charge is 2.26. The number of alkyl carbamates (subject to hydrolysis) is 2. The van der Waals surface area contributed by atoms with Crippen LogP contribution < -0.4 is 16.0 Å². The van der Waals surface area contributed by atoms with Crippen molar-refractivity contribution in [2.24, 2.45) is 0 Å². The molecule has 0 rings (SSSR count). The van der Waals surface area contributed by atoms with Crippen LogP contribution in [0.4, 0.5) is 9.59 Å². The molecule has 10 nitrogen and oxygen atoms in total. The first-order valence-corrected chi connectivity index (χ1v) is 13.9. The number of aliphatic carboxylic acids is 1. The van der Waals surface area contributed by atoms with E-state index in [1.54, 1.807) is 52.3 Å². The predicted molar refractivity (Wildman–Crippen MR) is 141 cm³/mol. The Morgan fingerprint density at radius 3 is 1.71 bits per heavy atom. The van der Waals surface area contributed by atoms with Crippen molar-refractivity contribution in [3.63, 3.8) is 0 Å². The zero-order valence-corrected chi connectivity index (χ0v) is 24.0. The number of hydrogen-bond acceptors (Lipinski definition) is 8. The third-order valence-corrected chi connectivity index (χ3v) is 7.11. The van der Waals surface area contributed by atoms with E-state index in [9.17, 15) is 24.3 Å². The Kier molecular flexibility index (Phi) is 13.9. The van der Waals surface area contributed by atoms with Crippen LogP contribution in [0.3, 0.4) is 0 Å². The molecule has 0 bridgehead atoms. The van der Waals surface area contributed by atoms with Gasteiger partial charge >= 0.3 is 18.2 Å². The van der Waals surface area contributed by atoms with Gasteiger partial charge in [0.05, 0.1) is 0 Å². The van der Waals surface area contributed by atoms with Gasteiger partial charge in [0.25, 0.3) is 0 Å². The smallest absolute Gasteiger partial charge is 0.408 e. The van der Waals surface area contributed by atoms with E-state index in [0.717, 1.165) is 0 Å². The van der Waals surface area contributed by atoms with Crippen LogP contribution in [0.2, 0.25) is 0 Å². The maximum Gasteiger partial charge on any atom is 0.408 e. The van der Waals surface area contributed by atoms with E-state index in [4.69, 9.17) is 9.47 Å². The Morgan fingerprint density at radius 1 is 0.800 bits per heavy atom. The number of amides is 3. The van der Waals surface area contributed by atoms with Crippen LogP contribution in [0.15, 0.2) is 0 Å². The second kappa shape index (κ2) is 14.7. The number of carboxylic acid groups (broad SMARTS) is 1. The van der Waals surface area contributed by atoms with Crippen molar-refractivity contribution in [1.29, 1.82) is 0 Å². The summed E-state index contributed by atoms with van der Waals surface area (Å²) < 4.78 is 10.4. The molecule has 0 aliphatic carbocycles. The van der Waals surface area contributed by atoms with E-state index in [0.29, 0.717) is 25.1 Å². The third kappa shape index (κ3) is 19.1. The van der Waals surface area contributed by atoms with E-state index in [2.05, 4.69) is 36.7 Å². The number of unbranched alkanes of at least 4 members (excludes halogenated alkanes) is 1. The largest absolute Gasteiger partial charge is 0.480 e. The monoisotopic (exact) mass is 537 g/mol. The van der Waals surface area contributed by atoms with Crippen LogP contribution in [-0.4, -0.2) is 69.5 Å². The van der Waals surface area contributed by atoms with E-state index in [-0.39, 0.29) is 17.1 Å². The third-order valence-electron chi connectivity index (χ3n) is 3.76. The number of rotatable bonds is 12. The summed E-state index contributed by atoms with van der Waals surface area (Å²) in [4.78, 5) is 48.2. The summed E-state index contributed by atoms with van der Waals surface area (Å²) >= 11 is 0. The second-order valence-corrected chi connectivity index (χ2v) is 14.2. The highest BCUT2D eigenvalue weighted by molar-refractivity contribution is 8.77. The number of nitrogens with one attached hydrogen (secondary N) is 3. The van der Waals surface area contributed by atoms with Gasteiger partial charge < -0.3 is 30.5 Å². The van der Waals surface area contributed by atoms with Gasteiger partial charge in [0.1, 0.15) is 23.3 Å². The van der Waals surface area contributed by atoms with Gasteiger partial charge in [-0.15, -0.1) is 0 Å². The van der Waals surface area contributed by atoms with E-state index >= 15 is 0 Å². The van der Waals surface area contributed by atoms with Crippen molar-refractivity contribution < 1.29 is 33.8 Å². The molecule has 0 radical (unpaired) electrons. The van der Waals surface area contributed by atoms with Crippen LogP contribution >= 0.6 is 21.6 Å². The lowest BCUT2D eigenvalue weighted by Gasteiger charge is -2.24.